The Morgan fingerprint density at radius 1 is 0.846 bits per heavy atom. The molecule has 0 saturated heterocycles. The van der Waals surface area contributed by atoms with Gasteiger partial charge in [-0.05, 0) is 55.5 Å². The molecule has 0 aromatic heterocycles. The maximum absolute atomic E-state index is 13.2. The fourth-order valence-electron chi connectivity index (χ4n) is 2.45. The third-order valence-electron chi connectivity index (χ3n) is 3.83. The van der Waals surface area contributed by atoms with Gasteiger partial charge in [-0.25, -0.2) is 8.42 Å². The highest BCUT2D eigenvalue weighted by Gasteiger charge is 2.31. The van der Waals surface area contributed by atoms with E-state index in [-0.39, 0.29) is 16.1 Å². The zero-order chi connectivity index (χ0) is 18.7. The van der Waals surface area contributed by atoms with Crippen LogP contribution < -0.4 is 4.31 Å². The minimum atomic E-state index is -4.08. The first kappa shape index (κ1) is 18.2. The molecule has 0 bridgehead atoms. The van der Waals surface area contributed by atoms with Crippen LogP contribution in [0.2, 0.25) is 5.02 Å². The number of rotatable bonds is 4. The number of para-hydroxylation sites is 1. The van der Waals surface area contributed by atoms with Crippen LogP contribution >= 0.6 is 11.6 Å². The molecule has 6 heteroatoms. The number of carbonyl (C=O) groups excluding carboxylic acids is 1. The van der Waals surface area contributed by atoms with E-state index in [1.165, 1.54) is 24.3 Å². The van der Waals surface area contributed by atoms with E-state index in [2.05, 4.69) is 0 Å². The van der Waals surface area contributed by atoms with Crippen molar-refractivity contribution < 1.29 is 13.2 Å². The molecule has 0 aliphatic heterocycles. The fraction of sp³-hybridized carbons (Fsp3) is 0.0500. The lowest BCUT2D eigenvalue weighted by molar-refractivity contribution is 0.101. The number of benzene rings is 3. The molecule has 0 spiro atoms. The molecule has 3 rings (SSSR count). The first-order valence-electron chi connectivity index (χ1n) is 7.86. The molecule has 0 aliphatic carbocycles. The van der Waals surface area contributed by atoms with Crippen LogP contribution in [0.4, 0.5) is 5.69 Å². The van der Waals surface area contributed by atoms with Gasteiger partial charge in [-0.15, -0.1) is 0 Å². The van der Waals surface area contributed by atoms with Crippen LogP contribution in [0.1, 0.15) is 15.9 Å². The number of hydrogen-bond acceptors (Lipinski definition) is 3. The molecule has 0 aliphatic rings. The summed E-state index contributed by atoms with van der Waals surface area (Å²) in [5, 5.41) is 0.467. The van der Waals surface area contributed by atoms with E-state index in [1.54, 1.807) is 54.6 Å². The van der Waals surface area contributed by atoms with E-state index in [4.69, 9.17) is 11.6 Å². The number of amides is 1. The van der Waals surface area contributed by atoms with Crippen molar-refractivity contribution in [2.75, 3.05) is 4.31 Å². The van der Waals surface area contributed by atoms with Crippen molar-refractivity contribution in [1.82, 2.24) is 0 Å². The van der Waals surface area contributed by atoms with Gasteiger partial charge in [0.05, 0.1) is 10.6 Å². The van der Waals surface area contributed by atoms with Crippen LogP contribution in [0.3, 0.4) is 0 Å². The van der Waals surface area contributed by atoms with E-state index in [9.17, 15) is 13.2 Å². The Balaban J connectivity index is 2.14. The number of sulfonamides is 1. The molecular weight excluding hydrogens is 370 g/mol. The monoisotopic (exact) mass is 385 g/mol. The summed E-state index contributed by atoms with van der Waals surface area (Å²) in [6, 6.07) is 20.8. The van der Waals surface area contributed by atoms with Crippen LogP contribution in [-0.4, -0.2) is 14.3 Å². The van der Waals surface area contributed by atoms with Gasteiger partial charge in [0, 0.05) is 10.6 Å². The van der Waals surface area contributed by atoms with Crippen molar-refractivity contribution in [3.63, 3.8) is 0 Å². The Morgan fingerprint density at radius 3 is 2.00 bits per heavy atom. The average Bonchev–Trinajstić information content (AvgIpc) is 2.63. The van der Waals surface area contributed by atoms with E-state index in [0.717, 1.165) is 9.87 Å². The number of aryl methyl sites for hydroxylation is 1. The zero-order valence-electron chi connectivity index (χ0n) is 14.0. The number of carbonyl (C=O) groups is 1. The molecule has 0 heterocycles. The summed E-state index contributed by atoms with van der Waals surface area (Å²) in [7, 11) is -4.08. The second-order valence-electron chi connectivity index (χ2n) is 5.73. The summed E-state index contributed by atoms with van der Waals surface area (Å²) in [5.41, 5.74) is 1.43. The van der Waals surface area contributed by atoms with Crippen LogP contribution in [0.15, 0.2) is 83.8 Å². The summed E-state index contributed by atoms with van der Waals surface area (Å²) in [4.78, 5) is 13.1. The molecule has 0 unspecified atom stereocenters. The normalized spacial score (nSPS) is 11.2. The first-order chi connectivity index (χ1) is 12.4. The second kappa shape index (κ2) is 7.32. The highest BCUT2D eigenvalue weighted by Crippen LogP contribution is 2.26. The lowest BCUT2D eigenvalue weighted by Gasteiger charge is -2.23. The quantitative estimate of drug-likeness (QED) is 0.655. The van der Waals surface area contributed by atoms with Crippen LogP contribution in [0.25, 0.3) is 0 Å². The summed E-state index contributed by atoms with van der Waals surface area (Å²) in [6.45, 7) is 1.87. The fourth-order valence-corrected chi connectivity index (χ4v) is 3.99. The Kier molecular flexibility index (Phi) is 5.11. The van der Waals surface area contributed by atoms with Gasteiger partial charge in [-0.3, -0.25) is 4.79 Å². The summed E-state index contributed by atoms with van der Waals surface area (Å²) >= 11 is 5.87. The highest BCUT2D eigenvalue weighted by atomic mass is 35.5. The minimum absolute atomic E-state index is 0.0502. The van der Waals surface area contributed by atoms with Gasteiger partial charge in [0.25, 0.3) is 15.9 Å². The Labute approximate surface area is 157 Å². The van der Waals surface area contributed by atoms with Crippen molar-refractivity contribution in [1.29, 1.82) is 0 Å². The van der Waals surface area contributed by atoms with Crippen molar-refractivity contribution >= 4 is 33.2 Å². The smallest absolute Gasteiger partial charge is 0.268 e. The predicted octanol–water partition coefficient (Wildman–Crippen LogP) is 4.68. The first-order valence-corrected chi connectivity index (χ1v) is 9.68. The van der Waals surface area contributed by atoms with Crippen molar-refractivity contribution in [3.8, 4) is 0 Å². The Bertz CT molecular complexity index is 1010. The molecule has 0 fully saturated rings. The lowest BCUT2D eigenvalue weighted by Crippen LogP contribution is -2.37. The SMILES string of the molecule is Cc1ccc(S(=O)(=O)N(C(=O)c2ccc(Cl)cc2)c2ccccc2)cc1. The van der Waals surface area contributed by atoms with E-state index in [0.29, 0.717) is 5.02 Å². The third kappa shape index (κ3) is 3.64. The van der Waals surface area contributed by atoms with Gasteiger partial charge >= 0.3 is 0 Å². The Morgan fingerprint density at radius 2 is 1.42 bits per heavy atom. The maximum Gasteiger partial charge on any atom is 0.272 e. The topological polar surface area (TPSA) is 54.5 Å². The van der Waals surface area contributed by atoms with Gasteiger partial charge in [-0.2, -0.15) is 4.31 Å². The standard InChI is InChI=1S/C20H16ClNO3S/c1-15-7-13-19(14-8-15)26(24,25)22(18-5-3-2-4-6-18)20(23)16-9-11-17(21)12-10-16/h2-14H,1H3. The minimum Gasteiger partial charge on any atom is -0.268 e. The van der Waals surface area contributed by atoms with Crippen LogP contribution in [0, 0.1) is 6.92 Å². The van der Waals surface area contributed by atoms with E-state index >= 15 is 0 Å². The molecule has 3 aromatic rings. The van der Waals surface area contributed by atoms with E-state index < -0.39 is 15.9 Å². The van der Waals surface area contributed by atoms with Gasteiger partial charge in [0.2, 0.25) is 0 Å². The van der Waals surface area contributed by atoms with Crippen LogP contribution in [0.5, 0.6) is 0 Å². The van der Waals surface area contributed by atoms with Crippen molar-refractivity contribution in [2.45, 2.75) is 11.8 Å². The van der Waals surface area contributed by atoms with Crippen molar-refractivity contribution in [3.05, 3.63) is 95.0 Å². The number of anilines is 1. The van der Waals surface area contributed by atoms with Crippen molar-refractivity contribution in [2.24, 2.45) is 0 Å². The third-order valence-corrected chi connectivity index (χ3v) is 5.80. The molecule has 0 saturated carbocycles. The second-order valence-corrected chi connectivity index (χ2v) is 7.95. The molecule has 1 amide bonds. The molecule has 4 nitrogen and oxygen atoms in total. The largest absolute Gasteiger partial charge is 0.272 e. The summed E-state index contributed by atoms with van der Waals surface area (Å²) < 4.78 is 27.2. The van der Waals surface area contributed by atoms with Gasteiger partial charge in [-0.1, -0.05) is 47.5 Å². The van der Waals surface area contributed by atoms with E-state index in [1.807, 2.05) is 6.92 Å². The lowest BCUT2D eigenvalue weighted by atomic mass is 10.2. The Hall–Kier alpha value is -2.63. The maximum atomic E-state index is 13.2. The number of halogens is 1. The average molecular weight is 386 g/mol. The molecule has 132 valence electrons. The van der Waals surface area contributed by atoms with Gasteiger partial charge in [0.15, 0.2) is 0 Å². The molecule has 0 N–H and O–H groups in total. The predicted molar refractivity (Wildman–Crippen MR) is 103 cm³/mol. The summed E-state index contributed by atoms with van der Waals surface area (Å²) in [5.74, 6) is -0.645. The molecule has 3 aromatic carbocycles. The molecule has 0 atom stereocenters. The molecule has 0 radical (unpaired) electrons. The zero-order valence-corrected chi connectivity index (χ0v) is 15.5. The van der Waals surface area contributed by atoms with Gasteiger partial charge < -0.3 is 0 Å². The highest BCUT2D eigenvalue weighted by molar-refractivity contribution is 7.93. The number of hydrogen-bond donors (Lipinski definition) is 0. The van der Waals surface area contributed by atoms with Gasteiger partial charge in [0.1, 0.15) is 0 Å². The molecule has 26 heavy (non-hydrogen) atoms. The van der Waals surface area contributed by atoms with Crippen LogP contribution in [-0.2, 0) is 10.0 Å². The molecular formula is C20H16ClNO3S. The number of nitrogens with zero attached hydrogens (tertiary/aromatic N) is 1. The summed E-state index contributed by atoms with van der Waals surface area (Å²) in [6.07, 6.45) is 0.